The van der Waals surface area contributed by atoms with Crippen molar-refractivity contribution in [3.63, 3.8) is 0 Å². The van der Waals surface area contributed by atoms with E-state index in [1.807, 2.05) is 33.8 Å². The van der Waals surface area contributed by atoms with Gasteiger partial charge < -0.3 is 15.0 Å². The molecule has 0 bridgehead atoms. The summed E-state index contributed by atoms with van der Waals surface area (Å²) in [5.41, 5.74) is 6.53. The van der Waals surface area contributed by atoms with Crippen molar-refractivity contribution in [1.29, 1.82) is 5.26 Å². The molecular weight excluding hydrogens is 253 g/mol. The minimum absolute atomic E-state index is 0.287. The van der Waals surface area contributed by atoms with Gasteiger partial charge in [0, 0.05) is 5.46 Å². The van der Waals surface area contributed by atoms with Gasteiger partial charge in [0.15, 0.2) is 0 Å². The van der Waals surface area contributed by atoms with Crippen LogP contribution in [0.2, 0.25) is 0 Å². The summed E-state index contributed by atoms with van der Waals surface area (Å²) in [7, 11) is -0.529. The van der Waals surface area contributed by atoms with Crippen molar-refractivity contribution in [3.05, 3.63) is 17.8 Å². The molecule has 0 aromatic carbocycles. The summed E-state index contributed by atoms with van der Waals surface area (Å²) in [4.78, 5) is 4.28. The second kappa shape index (κ2) is 4.76. The van der Waals surface area contributed by atoms with Crippen molar-refractivity contribution in [2.45, 2.75) is 51.7 Å². The topological polar surface area (TPSA) is 81.2 Å². The van der Waals surface area contributed by atoms with Gasteiger partial charge in [-0.15, -0.1) is 0 Å². The Kier molecular flexibility index (Phi) is 3.53. The van der Waals surface area contributed by atoms with Gasteiger partial charge in [0.05, 0.1) is 28.9 Å². The van der Waals surface area contributed by atoms with Crippen LogP contribution in [0.3, 0.4) is 0 Å². The predicted molar refractivity (Wildman–Crippen MR) is 78.4 cm³/mol. The molecule has 5 nitrogen and oxygen atoms in total. The summed E-state index contributed by atoms with van der Waals surface area (Å²) < 4.78 is 11.9. The Morgan fingerprint density at radius 3 is 2.25 bits per heavy atom. The molecule has 1 atom stereocenters. The number of anilines is 1. The maximum Gasteiger partial charge on any atom is 0.498 e. The van der Waals surface area contributed by atoms with Crippen molar-refractivity contribution in [2.24, 2.45) is 0 Å². The highest BCUT2D eigenvalue weighted by Gasteiger charge is 2.52. The summed E-state index contributed by atoms with van der Waals surface area (Å²) >= 11 is 0. The molecule has 1 aliphatic rings. The van der Waals surface area contributed by atoms with E-state index in [1.165, 1.54) is 0 Å². The summed E-state index contributed by atoms with van der Waals surface area (Å²) in [6, 6.07) is 5.77. The van der Waals surface area contributed by atoms with Gasteiger partial charge in [-0.05, 0) is 40.7 Å². The first kappa shape index (κ1) is 14.8. The van der Waals surface area contributed by atoms with Crippen LogP contribution in [-0.2, 0) is 9.31 Å². The molecule has 1 saturated heterocycles. The van der Waals surface area contributed by atoms with E-state index in [2.05, 4.69) is 11.1 Å². The number of hydrogen-bond donors (Lipinski definition) is 1. The van der Waals surface area contributed by atoms with Crippen LogP contribution in [0.4, 0.5) is 5.82 Å². The Bertz CT molecular complexity index is 550. The van der Waals surface area contributed by atoms with E-state index < -0.39 is 18.3 Å². The summed E-state index contributed by atoms with van der Waals surface area (Å²) in [6.45, 7) is 9.74. The summed E-state index contributed by atoms with van der Waals surface area (Å²) in [5, 5.41) is 8.92. The van der Waals surface area contributed by atoms with Crippen molar-refractivity contribution < 1.29 is 9.31 Å². The number of pyridine rings is 1. The fourth-order valence-corrected chi connectivity index (χ4v) is 1.98. The van der Waals surface area contributed by atoms with Crippen molar-refractivity contribution in [2.75, 3.05) is 5.73 Å². The third-order valence-electron chi connectivity index (χ3n) is 4.12. The average Bonchev–Trinajstić information content (AvgIpc) is 2.57. The number of aromatic nitrogens is 1. The second-order valence-electron chi connectivity index (χ2n) is 6.15. The molecule has 1 aromatic rings. The maximum atomic E-state index is 8.92. The van der Waals surface area contributed by atoms with E-state index in [-0.39, 0.29) is 5.92 Å². The zero-order chi connectivity index (χ0) is 15.1. The van der Waals surface area contributed by atoms with Gasteiger partial charge in [0.2, 0.25) is 0 Å². The fourth-order valence-electron chi connectivity index (χ4n) is 1.98. The Balaban J connectivity index is 2.30. The van der Waals surface area contributed by atoms with Crippen LogP contribution in [-0.4, -0.2) is 23.3 Å². The van der Waals surface area contributed by atoms with Crippen LogP contribution in [0.5, 0.6) is 0 Å². The average molecular weight is 273 g/mol. The zero-order valence-electron chi connectivity index (χ0n) is 12.6. The van der Waals surface area contributed by atoms with E-state index in [0.717, 1.165) is 0 Å². The molecular formula is C14H20BN3O2. The lowest BCUT2D eigenvalue weighted by molar-refractivity contribution is 0.00578. The van der Waals surface area contributed by atoms with Gasteiger partial charge in [-0.25, -0.2) is 4.98 Å². The molecule has 2 heterocycles. The molecule has 106 valence electrons. The van der Waals surface area contributed by atoms with E-state index >= 15 is 0 Å². The SMILES string of the molecule is CC(C#N)c1ccc(B2OC(C)(C)C(C)(C)O2)c(N)n1. The fraction of sp³-hybridized carbons (Fsp3) is 0.571. The normalized spacial score (nSPS) is 21.5. The van der Waals surface area contributed by atoms with Gasteiger partial charge in [-0.2, -0.15) is 5.26 Å². The van der Waals surface area contributed by atoms with Gasteiger partial charge in [0.1, 0.15) is 5.82 Å². The molecule has 0 amide bonds. The minimum atomic E-state index is -0.529. The van der Waals surface area contributed by atoms with E-state index in [9.17, 15) is 0 Å². The summed E-state index contributed by atoms with van der Waals surface area (Å²) in [6.07, 6.45) is 0. The highest BCUT2D eigenvalue weighted by atomic mass is 16.7. The third kappa shape index (κ3) is 2.39. The van der Waals surface area contributed by atoms with Gasteiger partial charge in [-0.3, -0.25) is 0 Å². The molecule has 1 aliphatic heterocycles. The molecule has 1 unspecified atom stereocenters. The first-order valence-electron chi connectivity index (χ1n) is 6.69. The number of nitrogens with two attached hydrogens (primary N) is 1. The Labute approximate surface area is 120 Å². The lowest BCUT2D eigenvalue weighted by atomic mass is 9.79. The lowest BCUT2D eigenvalue weighted by Gasteiger charge is -2.32. The molecule has 1 aromatic heterocycles. The molecule has 20 heavy (non-hydrogen) atoms. The van der Waals surface area contributed by atoms with E-state index in [4.69, 9.17) is 20.3 Å². The summed E-state index contributed by atoms with van der Waals surface area (Å²) in [5.74, 6) is 0.0627. The van der Waals surface area contributed by atoms with Crippen LogP contribution >= 0.6 is 0 Å². The molecule has 2 N–H and O–H groups in total. The third-order valence-corrected chi connectivity index (χ3v) is 4.12. The standard InChI is InChI=1S/C14H20BN3O2/c1-9(8-16)11-7-6-10(12(17)18-11)15-19-13(2,3)14(4,5)20-15/h6-7,9H,1-5H3,(H2,17,18). The van der Waals surface area contributed by atoms with Crippen LogP contribution in [0.25, 0.3) is 0 Å². The molecule has 1 fully saturated rings. The smallest absolute Gasteiger partial charge is 0.399 e. The van der Waals surface area contributed by atoms with Crippen LogP contribution in [0, 0.1) is 11.3 Å². The first-order valence-corrected chi connectivity index (χ1v) is 6.69. The van der Waals surface area contributed by atoms with Gasteiger partial charge >= 0.3 is 7.12 Å². The quantitative estimate of drug-likeness (QED) is 0.827. The number of nitrogens with zero attached hydrogens (tertiary/aromatic N) is 2. The Hall–Kier alpha value is -1.58. The zero-order valence-corrected chi connectivity index (χ0v) is 12.6. The number of nitriles is 1. The molecule has 2 rings (SSSR count). The Morgan fingerprint density at radius 1 is 1.25 bits per heavy atom. The largest absolute Gasteiger partial charge is 0.498 e. The number of nitrogen functional groups attached to an aromatic ring is 1. The number of rotatable bonds is 2. The van der Waals surface area contributed by atoms with Gasteiger partial charge in [-0.1, -0.05) is 6.07 Å². The number of hydrogen-bond acceptors (Lipinski definition) is 5. The van der Waals surface area contributed by atoms with Crippen molar-refractivity contribution in [1.82, 2.24) is 4.98 Å². The molecule has 0 spiro atoms. The maximum absolute atomic E-state index is 8.92. The molecule has 6 heteroatoms. The predicted octanol–water partition coefficient (Wildman–Crippen LogP) is 1.59. The monoisotopic (exact) mass is 273 g/mol. The lowest BCUT2D eigenvalue weighted by Crippen LogP contribution is -2.41. The van der Waals surface area contributed by atoms with E-state index in [0.29, 0.717) is 17.0 Å². The van der Waals surface area contributed by atoms with Gasteiger partial charge in [0.25, 0.3) is 0 Å². The first-order chi connectivity index (χ1) is 9.18. The molecule has 0 saturated carbocycles. The Morgan fingerprint density at radius 2 is 1.80 bits per heavy atom. The van der Waals surface area contributed by atoms with Crippen LogP contribution in [0.1, 0.15) is 46.2 Å². The van der Waals surface area contributed by atoms with Crippen LogP contribution in [0.15, 0.2) is 12.1 Å². The second-order valence-corrected chi connectivity index (χ2v) is 6.15. The molecule has 0 radical (unpaired) electrons. The van der Waals surface area contributed by atoms with Crippen molar-refractivity contribution >= 4 is 18.4 Å². The van der Waals surface area contributed by atoms with E-state index in [1.54, 1.807) is 13.0 Å². The minimum Gasteiger partial charge on any atom is -0.399 e. The highest BCUT2D eigenvalue weighted by molar-refractivity contribution is 6.63. The molecule has 0 aliphatic carbocycles. The highest BCUT2D eigenvalue weighted by Crippen LogP contribution is 2.36. The van der Waals surface area contributed by atoms with Crippen LogP contribution < -0.4 is 11.2 Å². The van der Waals surface area contributed by atoms with Crippen molar-refractivity contribution in [3.8, 4) is 6.07 Å².